The fourth-order valence-corrected chi connectivity index (χ4v) is 5.21. The molecular weight excluding hydrogens is 206 g/mol. The van der Waals surface area contributed by atoms with Gasteiger partial charge in [-0.25, -0.2) is 0 Å². The van der Waals surface area contributed by atoms with Gasteiger partial charge in [0.25, 0.3) is 0 Å². The fraction of sp³-hybridized carbons (Fsp3) is 0.455. The highest BCUT2D eigenvalue weighted by atomic mass is 28.4. The molecule has 1 aromatic carbocycles. The lowest BCUT2D eigenvalue weighted by molar-refractivity contribution is 0.229. The lowest BCUT2D eigenvalue weighted by Gasteiger charge is -2.28. The van der Waals surface area contributed by atoms with E-state index in [1.807, 2.05) is 6.07 Å². The van der Waals surface area contributed by atoms with E-state index in [4.69, 9.17) is 8.85 Å². The molecule has 0 saturated carbocycles. The molecule has 0 aliphatic carbocycles. The van der Waals surface area contributed by atoms with Crippen LogP contribution in [0.25, 0.3) is 0 Å². The zero-order valence-corrected chi connectivity index (χ0v) is 10.2. The van der Waals surface area contributed by atoms with Gasteiger partial charge in [0.15, 0.2) is 0 Å². The van der Waals surface area contributed by atoms with Gasteiger partial charge in [-0.15, -0.1) is 0 Å². The number of hydrogen-bond acceptors (Lipinski definition) is 3. The Labute approximate surface area is 91.7 Å². The molecule has 1 N–H and O–H groups in total. The summed E-state index contributed by atoms with van der Waals surface area (Å²) in [7, 11) is 1.28. The van der Waals surface area contributed by atoms with E-state index in [2.05, 4.69) is 29.2 Å². The van der Waals surface area contributed by atoms with Crippen molar-refractivity contribution in [3.05, 3.63) is 35.9 Å². The Morgan fingerprint density at radius 2 is 1.87 bits per heavy atom. The maximum absolute atomic E-state index is 5.62. The van der Waals surface area contributed by atoms with Gasteiger partial charge >= 0.3 is 8.72 Å². The van der Waals surface area contributed by atoms with Gasteiger partial charge in [-0.1, -0.05) is 30.3 Å². The summed E-state index contributed by atoms with van der Waals surface area (Å²) in [4.78, 5) is 3.41. The van der Waals surface area contributed by atoms with E-state index in [0.717, 1.165) is 13.0 Å². The highest BCUT2D eigenvalue weighted by Gasteiger charge is 2.49. The summed E-state index contributed by atoms with van der Waals surface area (Å²) in [5.74, 6) is 0. The molecule has 2 rings (SSSR count). The fourth-order valence-electron chi connectivity index (χ4n) is 2.29. The molecule has 1 heterocycles. The molecule has 3 nitrogen and oxygen atoms in total. The van der Waals surface area contributed by atoms with Crippen LogP contribution in [0.5, 0.6) is 0 Å². The average Bonchev–Trinajstić information content (AvgIpc) is 2.74. The molecule has 1 aliphatic rings. The molecule has 1 saturated heterocycles. The smallest absolute Gasteiger partial charge is 0.386 e. The summed E-state index contributed by atoms with van der Waals surface area (Å²) in [6.45, 7) is 0.980. The summed E-state index contributed by atoms with van der Waals surface area (Å²) in [6, 6.07) is 10.5. The molecule has 0 amide bonds. The number of nitrogens with one attached hydrogen (secondary N) is 1. The number of hydrogen-bond donors (Lipinski definition) is 1. The molecule has 4 heteroatoms. The Bertz CT molecular complexity index is 314. The monoisotopic (exact) mass is 223 g/mol. The first-order valence-corrected chi connectivity index (χ1v) is 7.12. The molecule has 82 valence electrons. The summed E-state index contributed by atoms with van der Waals surface area (Å²) >= 11 is 0. The van der Waals surface area contributed by atoms with Crippen LogP contribution in [0.15, 0.2) is 30.3 Å². The molecule has 0 aromatic heterocycles. The van der Waals surface area contributed by atoms with Gasteiger partial charge in [0.1, 0.15) is 0 Å². The van der Waals surface area contributed by atoms with Crippen molar-refractivity contribution in [2.75, 3.05) is 20.8 Å². The Balaban J connectivity index is 2.29. The molecule has 1 aromatic rings. The van der Waals surface area contributed by atoms with Gasteiger partial charge < -0.3 is 8.85 Å². The van der Waals surface area contributed by atoms with Crippen LogP contribution >= 0.6 is 0 Å². The second kappa shape index (κ2) is 4.45. The van der Waals surface area contributed by atoms with Crippen molar-refractivity contribution >= 4 is 8.72 Å². The third kappa shape index (κ3) is 1.86. The largest absolute Gasteiger partial charge is 0.432 e. The molecule has 1 aliphatic heterocycles. The Morgan fingerprint density at radius 3 is 2.47 bits per heavy atom. The summed E-state index contributed by atoms with van der Waals surface area (Å²) in [6.07, 6.45) is 1.10. The van der Waals surface area contributed by atoms with Crippen LogP contribution in [0.2, 0.25) is 0 Å². The molecule has 1 unspecified atom stereocenters. The van der Waals surface area contributed by atoms with E-state index in [-0.39, 0.29) is 0 Å². The zero-order chi connectivity index (χ0) is 10.7. The van der Waals surface area contributed by atoms with Gasteiger partial charge in [0, 0.05) is 19.8 Å². The van der Waals surface area contributed by atoms with Crippen LogP contribution in [-0.4, -0.2) is 29.5 Å². The molecular formula is C11H17NO2Si. The first-order valence-electron chi connectivity index (χ1n) is 5.22. The van der Waals surface area contributed by atoms with Gasteiger partial charge in [-0.3, -0.25) is 4.98 Å². The van der Waals surface area contributed by atoms with E-state index >= 15 is 0 Å². The highest BCUT2D eigenvalue weighted by molar-refractivity contribution is 6.67. The maximum Gasteiger partial charge on any atom is 0.432 e. The van der Waals surface area contributed by atoms with Crippen LogP contribution in [0, 0.1) is 0 Å². The van der Waals surface area contributed by atoms with E-state index < -0.39 is 8.72 Å². The molecule has 0 spiro atoms. The maximum atomic E-state index is 5.62. The first kappa shape index (κ1) is 10.8. The summed E-state index contributed by atoms with van der Waals surface area (Å²) in [5, 5.41) is 0. The molecule has 0 bridgehead atoms. The van der Waals surface area contributed by atoms with Crippen molar-refractivity contribution in [1.29, 1.82) is 0 Å². The van der Waals surface area contributed by atoms with Crippen molar-refractivity contribution < 1.29 is 8.85 Å². The lowest BCUT2D eigenvalue weighted by Crippen LogP contribution is -2.54. The van der Waals surface area contributed by atoms with Crippen LogP contribution in [0.4, 0.5) is 0 Å². The van der Waals surface area contributed by atoms with Crippen molar-refractivity contribution in [1.82, 2.24) is 4.98 Å². The zero-order valence-electron chi connectivity index (χ0n) is 9.19. The van der Waals surface area contributed by atoms with Gasteiger partial charge in [0.2, 0.25) is 0 Å². The second-order valence-electron chi connectivity index (χ2n) is 3.75. The summed E-state index contributed by atoms with van der Waals surface area (Å²) in [5.41, 5.74) is 1.71. The van der Waals surface area contributed by atoms with Crippen LogP contribution < -0.4 is 4.98 Å². The van der Waals surface area contributed by atoms with Crippen molar-refractivity contribution in [2.24, 2.45) is 0 Å². The Kier molecular flexibility index (Phi) is 3.21. The standard InChI is InChI=1S/C11H17NO2Si/c1-13-15(14-2)11(8-9-12-15)10-6-4-3-5-7-10/h3-7,11-12H,8-9H2,1-2H3. The van der Waals surface area contributed by atoms with Gasteiger partial charge in [-0.2, -0.15) is 0 Å². The minimum absolute atomic E-state index is 0.397. The molecule has 15 heavy (non-hydrogen) atoms. The van der Waals surface area contributed by atoms with Crippen LogP contribution in [0.3, 0.4) is 0 Å². The Hall–Kier alpha value is -0.683. The third-order valence-corrected chi connectivity index (χ3v) is 6.57. The van der Waals surface area contributed by atoms with E-state index in [1.54, 1.807) is 14.2 Å². The predicted octanol–water partition coefficient (Wildman–Crippen LogP) is 1.53. The van der Waals surface area contributed by atoms with Gasteiger partial charge in [0.05, 0.1) is 0 Å². The van der Waals surface area contributed by atoms with E-state index in [1.165, 1.54) is 5.56 Å². The Morgan fingerprint density at radius 1 is 1.20 bits per heavy atom. The normalized spacial score (nSPS) is 24.3. The van der Waals surface area contributed by atoms with Crippen LogP contribution in [0.1, 0.15) is 17.5 Å². The second-order valence-corrected chi connectivity index (χ2v) is 6.96. The first-order chi connectivity index (χ1) is 7.32. The van der Waals surface area contributed by atoms with E-state index in [0.29, 0.717) is 5.54 Å². The number of rotatable bonds is 3. The SMILES string of the molecule is CO[Si]1(OC)NCCC1c1ccccc1. The van der Waals surface area contributed by atoms with Crippen molar-refractivity contribution in [2.45, 2.75) is 12.0 Å². The predicted molar refractivity (Wildman–Crippen MR) is 61.6 cm³/mol. The topological polar surface area (TPSA) is 30.5 Å². The van der Waals surface area contributed by atoms with Crippen molar-refractivity contribution in [3.8, 4) is 0 Å². The quantitative estimate of drug-likeness (QED) is 0.788. The molecule has 0 radical (unpaired) electrons. The van der Waals surface area contributed by atoms with E-state index in [9.17, 15) is 0 Å². The summed E-state index contributed by atoms with van der Waals surface area (Å²) < 4.78 is 11.2. The minimum Gasteiger partial charge on any atom is -0.386 e. The lowest BCUT2D eigenvalue weighted by atomic mass is 10.1. The average molecular weight is 223 g/mol. The molecule has 1 atom stereocenters. The van der Waals surface area contributed by atoms with Gasteiger partial charge in [-0.05, 0) is 18.5 Å². The minimum atomic E-state index is -2.20. The third-order valence-electron chi connectivity index (χ3n) is 3.07. The number of benzene rings is 1. The van der Waals surface area contributed by atoms with Crippen LogP contribution in [-0.2, 0) is 8.85 Å². The van der Waals surface area contributed by atoms with Crippen molar-refractivity contribution in [3.63, 3.8) is 0 Å². The molecule has 1 fully saturated rings. The highest BCUT2D eigenvalue weighted by Crippen LogP contribution is 2.33.